The molecule has 21 heavy (non-hydrogen) atoms. The molecule has 0 radical (unpaired) electrons. The Labute approximate surface area is 127 Å². The Morgan fingerprint density at radius 1 is 0.857 bits per heavy atom. The molecule has 3 rings (SSSR count). The highest BCUT2D eigenvalue weighted by Gasteiger charge is 2.40. The van der Waals surface area contributed by atoms with Crippen LogP contribution in [0.2, 0.25) is 0 Å². The summed E-state index contributed by atoms with van der Waals surface area (Å²) >= 11 is 0. The Morgan fingerprint density at radius 2 is 1.48 bits per heavy atom. The molecule has 0 spiro atoms. The monoisotopic (exact) mass is 280 g/mol. The van der Waals surface area contributed by atoms with Crippen LogP contribution in [0.25, 0.3) is 11.1 Å². The van der Waals surface area contributed by atoms with E-state index < -0.39 is 5.60 Å². The van der Waals surface area contributed by atoms with E-state index in [2.05, 4.69) is 62.4 Å². The minimum Gasteiger partial charge on any atom is -0.385 e. The molecule has 0 saturated heterocycles. The number of hydrogen-bond donors (Lipinski definition) is 1. The Hall–Kier alpha value is -1.60. The molecule has 1 N–H and O–H groups in total. The smallest absolute Gasteiger partial charge is 0.0924 e. The summed E-state index contributed by atoms with van der Waals surface area (Å²) in [5.74, 6) is 0.927. The van der Waals surface area contributed by atoms with Gasteiger partial charge in [-0.25, -0.2) is 0 Å². The first kappa shape index (κ1) is 14.3. The van der Waals surface area contributed by atoms with E-state index in [1.165, 1.54) is 17.5 Å². The van der Waals surface area contributed by atoms with E-state index in [1.54, 1.807) is 0 Å². The molecule has 2 aromatic rings. The van der Waals surface area contributed by atoms with Crippen LogP contribution in [0.3, 0.4) is 0 Å². The highest BCUT2D eigenvalue weighted by atomic mass is 16.3. The second kappa shape index (κ2) is 5.65. The van der Waals surface area contributed by atoms with Crippen molar-refractivity contribution < 1.29 is 5.11 Å². The van der Waals surface area contributed by atoms with Crippen LogP contribution in [0.1, 0.15) is 38.7 Å². The first-order valence-corrected chi connectivity index (χ1v) is 7.98. The third-order valence-electron chi connectivity index (χ3n) is 5.06. The van der Waals surface area contributed by atoms with Crippen LogP contribution >= 0.6 is 0 Å². The summed E-state index contributed by atoms with van der Waals surface area (Å²) in [6, 6.07) is 18.9. The molecule has 1 nitrogen and oxygen atoms in total. The molecule has 3 unspecified atom stereocenters. The molecule has 0 aromatic heterocycles. The summed E-state index contributed by atoms with van der Waals surface area (Å²) in [6.45, 7) is 4.42. The molecular formula is C20H24O. The maximum absolute atomic E-state index is 11.1. The zero-order chi connectivity index (χ0) is 14.9. The number of hydrogen-bond acceptors (Lipinski definition) is 1. The maximum Gasteiger partial charge on any atom is 0.0924 e. The standard InChI is InChI=1S/C20H24O/c1-15-8-9-16(2)20(21,14-15)19-12-10-18(11-13-19)17-6-4-3-5-7-17/h3-7,10-13,15-16,21H,8-9,14H2,1-2H3. The van der Waals surface area contributed by atoms with E-state index in [9.17, 15) is 5.11 Å². The van der Waals surface area contributed by atoms with Crippen molar-refractivity contribution in [3.05, 3.63) is 60.2 Å². The van der Waals surface area contributed by atoms with Crippen LogP contribution < -0.4 is 0 Å². The fourth-order valence-electron chi connectivity index (χ4n) is 3.59. The molecule has 1 saturated carbocycles. The Bertz CT molecular complexity index is 587. The Kier molecular flexibility index (Phi) is 3.86. The third kappa shape index (κ3) is 2.75. The summed E-state index contributed by atoms with van der Waals surface area (Å²) in [4.78, 5) is 0. The summed E-state index contributed by atoms with van der Waals surface area (Å²) in [5, 5.41) is 11.1. The fraction of sp³-hybridized carbons (Fsp3) is 0.400. The lowest BCUT2D eigenvalue weighted by molar-refractivity contribution is -0.0627. The van der Waals surface area contributed by atoms with Gasteiger partial charge in [0, 0.05) is 0 Å². The number of aliphatic hydroxyl groups is 1. The van der Waals surface area contributed by atoms with Gasteiger partial charge in [0.15, 0.2) is 0 Å². The molecule has 0 aliphatic heterocycles. The number of benzene rings is 2. The molecule has 110 valence electrons. The lowest BCUT2D eigenvalue weighted by Gasteiger charge is -2.41. The predicted molar refractivity (Wildman–Crippen MR) is 88.0 cm³/mol. The lowest BCUT2D eigenvalue weighted by Crippen LogP contribution is -2.39. The first-order valence-electron chi connectivity index (χ1n) is 7.98. The second-order valence-corrected chi connectivity index (χ2v) is 6.66. The van der Waals surface area contributed by atoms with Crippen molar-refractivity contribution in [3.8, 4) is 11.1 Å². The van der Waals surface area contributed by atoms with Gasteiger partial charge in [0.05, 0.1) is 5.60 Å². The van der Waals surface area contributed by atoms with Gasteiger partial charge in [-0.05, 0) is 41.4 Å². The molecule has 1 aliphatic carbocycles. The van der Waals surface area contributed by atoms with Gasteiger partial charge in [0.25, 0.3) is 0 Å². The molecule has 0 heterocycles. The van der Waals surface area contributed by atoms with Crippen molar-refractivity contribution in [1.29, 1.82) is 0 Å². The van der Waals surface area contributed by atoms with E-state index in [0.29, 0.717) is 11.8 Å². The molecule has 0 amide bonds. The molecular weight excluding hydrogens is 256 g/mol. The van der Waals surface area contributed by atoms with E-state index in [1.807, 2.05) is 6.07 Å². The highest BCUT2D eigenvalue weighted by molar-refractivity contribution is 5.63. The van der Waals surface area contributed by atoms with E-state index in [4.69, 9.17) is 0 Å². The van der Waals surface area contributed by atoms with E-state index >= 15 is 0 Å². The quantitative estimate of drug-likeness (QED) is 0.821. The van der Waals surface area contributed by atoms with Crippen LogP contribution in [0.4, 0.5) is 0 Å². The topological polar surface area (TPSA) is 20.2 Å². The molecule has 2 aromatic carbocycles. The first-order chi connectivity index (χ1) is 10.1. The average molecular weight is 280 g/mol. The van der Waals surface area contributed by atoms with Crippen molar-refractivity contribution in [2.45, 2.75) is 38.7 Å². The highest BCUT2D eigenvalue weighted by Crippen LogP contribution is 2.44. The van der Waals surface area contributed by atoms with Crippen molar-refractivity contribution in [2.24, 2.45) is 11.8 Å². The maximum atomic E-state index is 11.1. The molecule has 0 bridgehead atoms. The number of rotatable bonds is 2. The Balaban J connectivity index is 1.90. The zero-order valence-corrected chi connectivity index (χ0v) is 12.9. The minimum atomic E-state index is -0.660. The summed E-state index contributed by atoms with van der Waals surface area (Å²) < 4.78 is 0. The van der Waals surface area contributed by atoms with E-state index in [-0.39, 0.29) is 0 Å². The summed E-state index contributed by atoms with van der Waals surface area (Å²) in [5.41, 5.74) is 2.84. The van der Waals surface area contributed by atoms with Gasteiger partial charge in [-0.15, -0.1) is 0 Å². The summed E-state index contributed by atoms with van der Waals surface area (Å²) in [6.07, 6.45) is 3.21. The normalized spacial score (nSPS) is 29.3. The molecule has 1 aliphatic rings. The van der Waals surface area contributed by atoms with Gasteiger partial charge in [-0.3, -0.25) is 0 Å². The van der Waals surface area contributed by atoms with Crippen LogP contribution in [0.15, 0.2) is 54.6 Å². The molecule has 1 fully saturated rings. The summed E-state index contributed by atoms with van der Waals surface area (Å²) in [7, 11) is 0. The third-order valence-corrected chi connectivity index (χ3v) is 5.06. The van der Waals surface area contributed by atoms with Gasteiger partial charge in [0.2, 0.25) is 0 Å². The van der Waals surface area contributed by atoms with Gasteiger partial charge < -0.3 is 5.11 Å². The van der Waals surface area contributed by atoms with Gasteiger partial charge in [-0.1, -0.05) is 74.9 Å². The van der Waals surface area contributed by atoms with Crippen molar-refractivity contribution in [2.75, 3.05) is 0 Å². The SMILES string of the molecule is CC1CCC(C)C(O)(c2ccc(-c3ccccc3)cc2)C1. The van der Waals surface area contributed by atoms with Crippen molar-refractivity contribution >= 4 is 0 Å². The average Bonchev–Trinajstić information content (AvgIpc) is 2.52. The minimum absolute atomic E-state index is 0.330. The van der Waals surface area contributed by atoms with E-state index in [0.717, 1.165) is 18.4 Å². The molecule has 3 atom stereocenters. The van der Waals surface area contributed by atoms with Crippen LogP contribution in [-0.4, -0.2) is 5.11 Å². The Morgan fingerprint density at radius 3 is 2.14 bits per heavy atom. The van der Waals surface area contributed by atoms with Crippen molar-refractivity contribution in [3.63, 3.8) is 0 Å². The van der Waals surface area contributed by atoms with Gasteiger partial charge >= 0.3 is 0 Å². The largest absolute Gasteiger partial charge is 0.385 e. The van der Waals surface area contributed by atoms with Gasteiger partial charge in [-0.2, -0.15) is 0 Å². The lowest BCUT2D eigenvalue weighted by atomic mass is 9.69. The van der Waals surface area contributed by atoms with Crippen molar-refractivity contribution in [1.82, 2.24) is 0 Å². The zero-order valence-electron chi connectivity index (χ0n) is 12.9. The van der Waals surface area contributed by atoms with Crippen LogP contribution in [0.5, 0.6) is 0 Å². The second-order valence-electron chi connectivity index (χ2n) is 6.66. The van der Waals surface area contributed by atoms with Gasteiger partial charge in [0.1, 0.15) is 0 Å². The van der Waals surface area contributed by atoms with Crippen LogP contribution in [0, 0.1) is 11.8 Å². The fourth-order valence-corrected chi connectivity index (χ4v) is 3.59. The molecule has 1 heteroatoms. The van der Waals surface area contributed by atoms with Crippen LogP contribution in [-0.2, 0) is 5.60 Å². The predicted octanol–water partition coefficient (Wildman–Crippen LogP) is 5.00.